The van der Waals surface area contributed by atoms with Crippen molar-refractivity contribution in [2.24, 2.45) is 0 Å². The van der Waals surface area contributed by atoms with Crippen LogP contribution >= 0.6 is 15.9 Å². The summed E-state index contributed by atoms with van der Waals surface area (Å²) >= 11 is 3.35. The summed E-state index contributed by atoms with van der Waals surface area (Å²) in [7, 11) is 0. The first kappa shape index (κ1) is 12.5. The van der Waals surface area contributed by atoms with Gasteiger partial charge in [-0.2, -0.15) is 5.10 Å². The van der Waals surface area contributed by atoms with Crippen molar-refractivity contribution in [1.82, 2.24) is 9.78 Å². The maximum atomic E-state index is 11.3. The molecular weight excluding hydrogens is 300 g/mol. The Morgan fingerprint density at radius 2 is 2.11 bits per heavy atom. The summed E-state index contributed by atoms with van der Waals surface area (Å²) in [5.74, 6) is -1.33. The minimum atomic E-state index is -1.33. The lowest BCUT2D eigenvalue weighted by atomic mass is 10.2. The first-order valence-electron chi connectivity index (χ1n) is 5.08. The first-order chi connectivity index (χ1) is 8.47. The SMILES string of the molecule is Cc1cc(Br)cc(-n2ccc(=O)c(C(=O)O)n2)c1. The van der Waals surface area contributed by atoms with Crippen molar-refractivity contribution in [1.29, 1.82) is 0 Å². The molecule has 0 saturated carbocycles. The Morgan fingerprint density at radius 1 is 1.39 bits per heavy atom. The number of aryl methyl sites for hydroxylation is 1. The minimum absolute atomic E-state index is 0.491. The molecule has 2 rings (SSSR count). The van der Waals surface area contributed by atoms with Gasteiger partial charge in [0.1, 0.15) is 0 Å². The monoisotopic (exact) mass is 308 g/mol. The van der Waals surface area contributed by atoms with E-state index >= 15 is 0 Å². The molecule has 6 heteroatoms. The Bertz CT molecular complexity index is 659. The van der Waals surface area contributed by atoms with E-state index in [4.69, 9.17) is 5.11 Å². The van der Waals surface area contributed by atoms with Crippen molar-refractivity contribution in [3.63, 3.8) is 0 Å². The molecular formula is C12H9BrN2O3. The number of hydrogen-bond acceptors (Lipinski definition) is 3. The molecule has 1 aromatic carbocycles. The largest absolute Gasteiger partial charge is 0.476 e. The van der Waals surface area contributed by atoms with Crippen LogP contribution in [0.3, 0.4) is 0 Å². The molecule has 0 bridgehead atoms. The van der Waals surface area contributed by atoms with Crippen LogP contribution in [0, 0.1) is 6.92 Å². The number of aromatic nitrogens is 2. The number of carbonyl (C=O) groups is 1. The first-order valence-corrected chi connectivity index (χ1v) is 5.87. The number of hydrogen-bond donors (Lipinski definition) is 1. The van der Waals surface area contributed by atoms with Gasteiger partial charge in [-0.05, 0) is 30.7 Å². The second-order valence-corrected chi connectivity index (χ2v) is 4.68. The van der Waals surface area contributed by atoms with Crippen molar-refractivity contribution >= 4 is 21.9 Å². The smallest absolute Gasteiger partial charge is 0.360 e. The van der Waals surface area contributed by atoms with Crippen molar-refractivity contribution < 1.29 is 9.90 Å². The average molecular weight is 309 g/mol. The molecule has 0 aliphatic carbocycles. The Kier molecular flexibility index (Phi) is 3.29. The molecule has 1 N–H and O–H groups in total. The number of carboxylic acid groups (broad SMARTS) is 1. The van der Waals surface area contributed by atoms with E-state index in [2.05, 4.69) is 21.0 Å². The van der Waals surface area contributed by atoms with Crippen molar-refractivity contribution in [3.8, 4) is 5.69 Å². The van der Waals surface area contributed by atoms with E-state index in [1.807, 2.05) is 19.1 Å². The minimum Gasteiger partial charge on any atom is -0.476 e. The highest BCUT2D eigenvalue weighted by Crippen LogP contribution is 2.17. The van der Waals surface area contributed by atoms with Gasteiger partial charge in [-0.3, -0.25) is 4.79 Å². The second kappa shape index (κ2) is 4.73. The van der Waals surface area contributed by atoms with E-state index < -0.39 is 17.1 Å². The van der Waals surface area contributed by atoms with Gasteiger partial charge >= 0.3 is 5.97 Å². The summed E-state index contributed by atoms with van der Waals surface area (Å²) in [5.41, 5.74) is 0.585. The Morgan fingerprint density at radius 3 is 2.72 bits per heavy atom. The number of benzene rings is 1. The quantitative estimate of drug-likeness (QED) is 0.921. The van der Waals surface area contributed by atoms with E-state index in [0.717, 1.165) is 10.0 Å². The zero-order valence-corrected chi connectivity index (χ0v) is 11.0. The van der Waals surface area contributed by atoms with Crippen LogP contribution in [0.4, 0.5) is 0 Å². The van der Waals surface area contributed by atoms with E-state index in [1.54, 1.807) is 6.07 Å². The van der Waals surface area contributed by atoms with Gasteiger partial charge in [0.05, 0.1) is 5.69 Å². The van der Waals surface area contributed by atoms with Crippen LogP contribution < -0.4 is 5.43 Å². The standard InChI is InChI=1S/C12H9BrN2O3/c1-7-4-8(13)6-9(5-7)15-3-2-10(16)11(14-15)12(17)18/h2-6H,1H3,(H,17,18). The molecule has 0 aliphatic heterocycles. The van der Waals surface area contributed by atoms with E-state index in [9.17, 15) is 9.59 Å². The third kappa shape index (κ3) is 2.48. The van der Waals surface area contributed by atoms with Crippen LogP contribution in [0.25, 0.3) is 5.69 Å². The molecule has 0 saturated heterocycles. The molecule has 92 valence electrons. The summed E-state index contributed by atoms with van der Waals surface area (Å²) < 4.78 is 2.22. The molecule has 0 fully saturated rings. The molecule has 0 unspecified atom stereocenters. The molecule has 0 aliphatic rings. The summed E-state index contributed by atoms with van der Waals surface area (Å²) in [6.07, 6.45) is 1.44. The second-order valence-electron chi connectivity index (χ2n) is 3.77. The molecule has 2 aromatic rings. The van der Waals surface area contributed by atoms with E-state index in [0.29, 0.717) is 5.69 Å². The highest BCUT2D eigenvalue weighted by atomic mass is 79.9. The highest BCUT2D eigenvalue weighted by molar-refractivity contribution is 9.10. The van der Waals surface area contributed by atoms with Gasteiger partial charge in [0.25, 0.3) is 0 Å². The maximum Gasteiger partial charge on any atom is 0.360 e. The predicted molar refractivity (Wildman–Crippen MR) is 69.2 cm³/mol. The van der Waals surface area contributed by atoms with E-state index in [1.165, 1.54) is 16.9 Å². The average Bonchev–Trinajstić information content (AvgIpc) is 2.27. The Balaban J connectivity index is 2.61. The number of halogens is 1. The highest BCUT2D eigenvalue weighted by Gasteiger charge is 2.11. The van der Waals surface area contributed by atoms with Gasteiger partial charge in [-0.25, -0.2) is 9.48 Å². The van der Waals surface area contributed by atoms with Gasteiger partial charge in [0, 0.05) is 16.7 Å². The predicted octanol–water partition coefficient (Wildman–Crippen LogP) is 2.00. The van der Waals surface area contributed by atoms with Crippen molar-refractivity contribution in [2.45, 2.75) is 6.92 Å². The molecule has 5 nitrogen and oxygen atoms in total. The zero-order valence-electron chi connectivity index (χ0n) is 9.42. The molecule has 0 atom stereocenters. The molecule has 0 spiro atoms. The van der Waals surface area contributed by atoms with Crippen LogP contribution in [-0.4, -0.2) is 20.9 Å². The summed E-state index contributed by atoms with van der Waals surface area (Å²) in [4.78, 5) is 22.2. The van der Waals surface area contributed by atoms with Crippen LogP contribution in [-0.2, 0) is 0 Å². The summed E-state index contributed by atoms with van der Waals surface area (Å²) in [5, 5.41) is 12.7. The van der Waals surface area contributed by atoms with Crippen LogP contribution in [0.15, 0.2) is 39.7 Å². The molecule has 1 aromatic heterocycles. The fourth-order valence-corrected chi connectivity index (χ4v) is 2.14. The zero-order chi connectivity index (χ0) is 13.3. The molecule has 18 heavy (non-hydrogen) atoms. The molecule has 0 amide bonds. The fourth-order valence-electron chi connectivity index (χ4n) is 1.55. The normalized spacial score (nSPS) is 10.3. The number of rotatable bonds is 2. The maximum absolute atomic E-state index is 11.3. The van der Waals surface area contributed by atoms with Crippen LogP contribution in [0.5, 0.6) is 0 Å². The number of nitrogens with zero attached hydrogens (tertiary/aromatic N) is 2. The molecule has 1 heterocycles. The van der Waals surface area contributed by atoms with Gasteiger partial charge < -0.3 is 5.11 Å². The van der Waals surface area contributed by atoms with Crippen molar-refractivity contribution in [3.05, 3.63) is 56.4 Å². The third-order valence-electron chi connectivity index (χ3n) is 2.30. The molecule has 0 radical (unpaired) electrons. The number of aromatic carboxylic acids is 1. The van der Waals surface area contributed by atoms with Crippen LogP contribution in [0.1, 0.15) is 16.1 Å². The van der Waals surface area contributed by atoms with Crippen molar-refractivity contribution in [2.75, 3.05) is 0 Å². The van der Waals surface area contributed by atoms with Gasteiger partial charge in [-0.1, -0.05) is 15.9 Å². The summed E-state index contributed by atoms with van der Waals surface area (Å²) in [6.45, 7) is 1.91. The number of carboxylic acids is 1. The van der Waals surface area contributed by atoms with Gasteiger partial charge in [0.2, 0.25) is 11.1 Å². The Hall–Kier alpha value is -1.95. The summed E-state index contributed by atoms with van der Waals surface area (Å²) in [6, 6.07) is 6.74. The van der Waals surface area contributed by atoms with E-state index in [-0.39, 0.29) is 0 Å². The lowest BCUT2D eigenvalue weighted by Crippen LogP contribution is -2.20. The lowest BCUT2D eigenvalue weighted by molar-refractivity contribution is 0.0687. The Labute approximate surface area is 111 Å². The topological polar surface area (TPSA) is 72.2 Å². The van der Waals surface area contributed by atoms with Gasteiger partial charge in [-0.15, -0.1) is 0 Å². The lowest BCUT2D eigenvalue weighted by Gasteiger charge is -2.07. The fraction of sp³-hybridized carbons (Fsp3) is 0.0833. The third-order valence-corrected chi connectivity index (χ3v) is 2.76. The van der Waals surface area contributed by atoms with Crippen LogP contribution in [0.2, 0.25) is 0 Å². The van der Waals surface area contributed by atoms with Gasteiger partial charge in [0.15, 0.2) is 0 Å².